The molecule has 1 aromatic carbocycles. The van der Waals surface area contributed by atoms with Crippen LogP contribution in [0.2, 0.25) is 0 Å². The number of phenolic OH excluding ortho intramolecular Hbond substituents is 1. The average molecular weight is 252 g/mol. The Morgan fingerprint density at radius 1 is 1.50 bits per heavy atom. The van der Waals surface area contributed by atoms with Gasteiger partial charge in [0.25, 0.3) is 0 Å². The molecule has 0 aliphatic heterocycles. The molecule has 1 atom stereocenters. The molecule has 1 rings (SSSR count). The van der Waals surface area contributed by atoms with Crippen molar-refractivity contribution in [3.63, 3.8) is 0 Å². The van der Waals surface area contributed by atoms with Crippen LogP contribution < -0.4 is 0 Å². The minimum absolute atomic E-state index is 0.150. The number of phenols is 1. The lowest BCUT2D eigenvalue weighted by Crippen LogP contribution is -1.97. The Morgan fingerprint density at radius 2 is 2.17 bits per heavy atom. The van der Waals surface area contributed by atoms with Crippen LogP contribution in [0, 0.1) is 0 Å². The molecule has 4 heteroatoms. The molecule has 0 aliphatic rings. The van der Waals surface area contributed by atoms with E-state index in [1.807, 2.05) is 0 Å². The summed E-state index contributed by atoms with van der Waals surface area (Å²) in [7, 11) is 0. The molecular formula is C8H8BrClO2. The molecule has 0 fully saturated rings. The van der Waals surface area contributed by atoms with Gasteiger partial charge >= 0.3 is 0 Å². The van der Waals surface area contributed by atoms with E-state index in [0.29, 0.717) is 10.0 Å². The van der Waals surface area contributed by atoms with E-state index in [4.69, 9.17) is 16.7 Å². The first kappa shape index (κ1) is 9.84. The van der Waals surface area contributed by atoms with Gasteiger partial charge in [0.1, 0.15) is 5.75 Å². The van der Waals surface area contributed by atoms with Crippen molar-refractivity contribution in [3.05, 3.63) is 28.2 Å². The van der Waals surface area contributed by atoms with Gasteiger partial charge in [0.15, 0.2) is 0 Å². The van der Waals surface area contributed by atoms with Crippen LogP contribution >= 0.6 is 27.5 Å². The summed E-state index contributed by atoms with van der Waals surface area (Å²) in [4.78, 5) is 0. The Balaban J connectivity index is 2.96. The monoisotopic (exact) mass is 250 g/mol. The molecule has 2 N–H and O–H groups in total. The van der Waals surface area contributed by atoms with Crippen molar-refractivity contribution in [3.8, 4) is 5.75 Å². The van der Waals surface area contributed by atoms with Crippen LogP contribution in [0.3, 0.4) is 0 Å². The molecule has 0 aliphatic carbocycles. The number of alkyl halides is 1. The lowest BCUT2D eigenvalue weighted by atomic mass is 10.1. The fourth-order valence-corrected chi connectivity index (χ4v) is 1.39. The van der Waals surface area contributed by atoms with Gasteiger partial charge in [-0.25, -0.2) is 0 Å². The molecule has 0 spiro atoms. The SMILES string of the molecule is Oc1ccc(C(O)CCl)cc1Br. The Labute approximate surface area is 83.9 Å². The minimum atomic E-state index is -0.677. The van der Waals surface area contributed by atoms with Crippen LogP contribution in [0.25, 0.3) is 0 Å². The van der Waals surface area contributed by atoms with Crippen molar-refractivity contribution in [2.24, 2.45) is 0 Å². The smallest absolute Gasteiger partial charge is 0.129 e. The maximum Gasteiger partial charge on any atom is 0.129 e. The summed E-state index contributed by atoms with van der Waals surface area (Å²) < 4.78 is 0.559. The van der Waals surface area contributed by atoms with E-state index in [1.54, 1.807) is 12.1 Å². The first-order valence-electron chi connectivity index (χ1n) is 3.37. The molecule has 0 bridgehead atoms. The summed E-state index contributed by atoms with van der Waals surface area (Å²) in [6, 6.07) is 4.78. The summed E-state index contributed by atoms with van der Waals surface area (Å²) in [5, 5.41) is 18.4. The van der Waals surface area contributed by atoms with Gasteiger partial charge in [0.2, 0.25) is 0 Å². The summed E-state index contributed by atoms with van der Waals surface area (Å²) in [6.45, 7) is 0. The van der Waals surface area contributed by atoms with Crippen LogP contribution in [-0.2, 0) is 0 Å². The third kappa shape index (κ3) is 2.12. The van der Waals surface area contributed by atoms with E-state index in [0.717, 1.165) is 0 Å². The second kappa shape index (κ2) is 4.12. The van der Waals surface area contributed by atoms with Crippen molar-refractivity contribution in [2.45, 2.75) is 6.10 Å². The number of rotatable bonds is 2. The number of benzene rings is 1. The van der Waals surface area contributed by atoms with Gasteiger partial charge in [-0.15, -0.1) is 11.6 Å². The normalized spacial score (nSPS) is 12.9. The highest BCUT2D eigenvalue weighted by Crippen LogP contribution is 2.27. The van der Waals surface area contributed by atoms with Gasteiger partial charge in [-0.3, -0.25) is 0 Å². The van der Waals surface area contributed by atoms with Crippen LogP contribution in [0.4, 0.5) is 0 Å². The molecule has 0 amide bonds. The number of hydrogen-bond acceptors (Lipinski definition) is 2. The van der Waals surface area contributed by atoms with Gasteiger partial charge < -0.3 is 10.2 Å². The Bertz CT molecular complexity index is 278. The molecule has 12 heavy (non-hydrogen) atoms. The number of aliphatic hydroxyl groups excluding tert-OH is 1. The van der Waals surface area contributed by atoms with Crippen molar-refractivity contribution in [2.75, 3.05) is 5.88 Å². The van der Waals surface area contributed by atoms with Gasteiger partial charge in [-0.1, -0.05) is 6.07 Å². The van der Waals surface area contributed by atoms with E-state index < -0.39 is 6.10 Å². The molecule has 1 aromatic rings. The largest absolute Gasteiger partial charge is 0.507 e. The van der Waals surface area contributed by atoms with Gasteiger partial charge in [0, 0.05) is 0 Å². The van der Waals surface area contributed by atoms with Crippen molar-refractivity contribution in [1.29, 1.82) is 0 Å². The second-order valence-electron chi connectivity index (χ2n) is 2.38. The van der Waals surface area contributed by atoms with Gasteiger partial charge in [-0.05, 0) is 33.6 Å². The molecule has 66 valence electrons. The summed E-state index contributed by atoms with van der Waals surface area (Å²) in [6.07, 6.45) is -0.677. The molecule has 1 unspecified atom stereocenters. The fraction of sp³-hybridized carbons (Fsp3) is 0.250. The van der Waals surface area contributed by atoms with E-state index in [2.05, 4.69) is 15.9 Å². The topological polar surface area (TPSA) is 40.5 Å². The van der Waals surface area contributed by atoms with E-state index in [-0.39, 0.29) is 11.6 Å². The lowest BCUT2D eigenvalue weighted by molar-refractivity contribution is 0.202. The third-order valence-electron chi connectivity index (χ3n) is 1.50. The van der Waals surface area contributed by atoms with E-state index >= 15 is 0 Å². The first-order chi connectivity index (χ1) is 5.65. The zero-order valence-electron chi connectivity index (χ0n) is 6.17. The van der Waals surface area contributed by atoms with Crippen molar-refractivity contribution < 1.29 is 10.2 Å². The van der Waals surface area contributed by atoms with E-state index in [9.17, 15) is 5.11 Å². The lowest BCUT2D eigenvalue weighted by Gasteiger charge is -2.07. The number of halogens is 2. The second-order valence-corrected chi connectivity index (χ2v) is 3.54. The van der Waals surface area contributed by atoms with Crippen LogP contribution in [0.1, 0.15) is 11.7 Å². The number of aromatic hydroxyl groups is 1. The van der Waals surface area contributed by atoms with Crippen molar-refractivity contribution >= 4 is 27.5 Å². The molecule has 2 nitrogen and oxygen atoms in total. The van der Waals surface area contributed by atoms with Crippen LogP contribution in [0.15, 0.2) is 22.7 Å². The summed E-state index contributed by atoms with van der Waals surface area (Å²) in [5.41, 5.74) is 0.690. The van der Waals surface area contributed by atoms with Crippen molar-refractivity contribution in [1.82, 2.24) is 0 Å². The predicted octanol–water partition coefficient (Wildman–Crippen LogP) is 2.43. The molecule has 0 aromatic heterocycles. The Hall–Kier alpha value is -0.250. The molecule has 0 saturated heterocycles. The standard InChI is InChI=1S/C8H8BrClO2/c9-6-3-5(8(12)4-10)1-2-7(6)11/h1-3,8,11-12H,4H2. The average Bonchev–Trinajstić information content (AvgIpc) is 2.08. The summed E-state index contributed by atoms with van der Waals surface area (Å²) in [5.74, 6) is 0.303. The molecule has 0 radical (unpaired) electrons. The van der Waals surface area contributed by atoms with Gasteiger partial charge in [-0.2, -0.15) is 0 Å². The predicted molar refractivity (Wildman–Crippen MR) is 51.5 cm³/mol. The van der Waals surface area contributed by atoms with Crippen LogP contribution in [-0.4, -0.2) is 16.1 Å². The van der Waals surface area contributed by atoms with Gasteiger partial charge in [0.05, 0.1) is 16.5 Å². The minimum Gasteiger partial charge on any atom is -0.507 e. The number of aliphatic hydroxyl groups is 1. The first-order valence-corrected chi connectivity index (χ1v) is 4.70. The Kier molecular flexibility index (Phi) is 3.38. The Morgan fingerprint density at radius 3 is 2.67 bits per heavy atom. The summed E-state index contributed by atoms with van der Waals surface area (Å²) >= 11 is 8.59. The molecule has 0 saturated carbocycles. The maximum absolute atomic E-state index is 9.31. The highest BCUT2D eigenvalue weighted by Gasteiger charge is 2.07. The zero-order valence-corrected chi connectivity index (χ0v) is 8.51. The fourth-order valence-electron chi connectivity index (χ4n) is 0.820. The highest BCUT2D eigenvalue weighted by atomic mass is 79.9. The van der Waals surface area contributed by atoms with E-state index in [1.165, 1.54) is 6.07 Å². The quantitative estimate of drug-likeness (QED) is 0.793. The maximum atomic E-state index is 9.31. The third-order valence-corrected chi connectivity index (χ3v) is 2.43. The molecule has 0 heterocycles. The van der Waals surface area contributed by atoms with Crippen LogP contribution in [0.5, 0.6) is 5.75 Å². The number of hydrogen-bond donors (Lipinski definition) is 2. The highest BCUT2D eigenvalue weighted by molar-refractivity contribution is 9.10. The zero-order chi connectivity index (χ0) is 9.14. The molecular weight excluding hydrogens is 243 g/mol.